The molecule has 296 valence electrons. The molecule has 1 aromatic heterocycles. The fraction of sp³-hybridized carbons (Fsp3) is 0.211. The van der Waals surface area contributed by atoms with Gasteiger partial charge in [0.05, 0.1) is 23.1 Å². The lowest BCUT2D eigenvalue weighted by molar-refractivity contribution is -0.257. The number of hydrogen-bond donors (Lipinski definition) is 1. The van der Waals surface area contributed by atoms with Gasteiger partial charge in [-0.05, 0) is 156 Å². The highest BCUT2D eigenvalue weighted by Crippen LogP contribution is 2.93. The molecule has 3 saturated carbocycles. The zero-order valence-electron chi connectivity index (χ0n) is 35.1. The number of hydrogen-bond acceptors (Lipinski definition) is 4. The van der Waals surface area contributed by atoms with Gasteiger partial charge in [-0.1, -0.05) is 108 Å². The highest BCUT2D eigenvalue weighted by molar-refractivity contribution is 7.00. The molecule has 15 rings (SSSR count). The van der Waals surface area contributed by atoms with E-state index in [1.807, 2.05) is 6.20 Å². The third-order valence-corrected chi connectivity index (χ3v) is 17.0. The van der Waals surface area contributed by atoms with Crippen molar-refractivity contribution in [3.05, 3.63) is 197 Å². The van der Waals surface area contributed by atoms with Crippen molar-refractivity contribution in [3.63, 3.8) is 0 Å². The van der Waals surface area contributed by atoms with Crippen LogP contribution in [0.4, 0.5) is 34.1 Å². The second-order valence-electron chi connectivity index (χ2n) is 19.5. The van der Waals surface area contributed by atoms with Crippen molar-refractivity contribution < 1.29 is 0 Å². The standard InChI is InChI=1S/C57H45BN4/c1-33-23-25-59-44(27-33)38-14-4-9-19-46(38)61-48-21-11-7-17-42(48)58-43-18-8-12-22-49(43)62(47-20-10-5-15-39(47)45-28-34(2)24-26-60-45)55-53-40(32-50(61)54(55)58)37-13-3-6-16-41(37)57(53)51-30-35-29-36-31-52(57)56(35,36)51/h3-5,7-15,17-28,30,32,35-36,45,52,60H,6,16,29,31H2,1-2H3. The highest BCUT2D eigenvalue weighted by Gasteiger charge is 2.87. The van der Waals surface area contributed by atoms with Crippen LogP contribution in [0, 0.1) is 30.1 Å². The van der Waals surface area contributed by atoms with Crippen LogP contribution in [0.15, 0.2) is 175 Å². The summed E-state index contributed by atoms with van der Waals surface area (Å²) in [6.45, 7) is 4.44. The van der Waals surface area contributed by atoms with Crippen molar-refractivity contribution in [1.29, 1.82) is 0 Å². The van der Waals surface area contributed by atoms with Crippen LogP contribution < -0.4 is 31.5 Å². The normalized spacial score (nSPS) is 27.7. The van der Waals surface area contributed by atoms with E-state index in [1.54, 1.807) is 16.7 Å². The van der Waals surface area contributed by atoms with Gasteiger partial charge in [0.1, 0.15) is 0 Å². The maximum absolute atomic E-state index is 5.01. The number of para-hydroxylation sites is 4. The lowest BCUT2D eigenvalue weighted by Crippen LogP contribution is -2.83. The van der Waals surface area contributed by atoms with Crippen LogP contribution in [0.1, 0.15) is 60.9 Å². The number of anilines is 6. The molecule has 6 unspecified atom stereocenters. The van der Waals surface area contributed by atoms with Crippen LogP contribution in [0.2, 0.25) is 0 Å². The summed E-state index contributed by atoms with van der Waals surface area (Å²) in [5.41, 5.74) is 26.1. The van der Waals surface area contributed by atoms with Gasteiger partial charge in [-0.2, -0.15) is 0 Å². The molecule has 2 spiro atoms. The van der Waals surface area contributed by atoms with Crippen molar-refractivity contribution in [3.8, 4) is 11.3 Å². The summed E-state index contributed by atoms with van der Waals surface area (Å²) in [6.07, 6.45) is 21.4. The van der Waals surface area contributed by atoms with Crippen LogP contribution in [0.25, 0.3) is 16.8 Å². The number of pyridine rings is 1. The second-order valence-corrected chi connectivity index (χ2v) is 19.5. The Hall–Kier alpha value is -6.59. The van der Waals surface area contributed by atoms with Gasteiger partial charge in [0.2, 0.25) is 0 Å². The van der Waals surface area contributed by atoms with E-state index < -0.39 is 0 Å². The third-order valence-electron chi connectivity index (χ3n) is 17.0. The molecule has 0 saturated heterocycles. The van der Waals surface area contributed by atoms with Gasteiger partial charge in [0.25, 0.3) is 6.71 Å². The molecule has 9 aliphatic rings. The van der Waals surface area contributed by atoms with Crippen LogP contribution >= 0.6 is 0 Å². The number of allylic oxidation sites excluding steroid dienone is 8. The molecule has 5 heteroatoms. The van der Waals surface area contributed by atoms with Gasteiger partial charge in [-0.3, -0.25) is 4.98 Å². The predicted molar refractivity (Wildman–Crippen MR) is 254 cm³/mol. The minimum atomic E-state index is -0.0509. The Bertz CT molecular complexity index is 3220. The molecule has 5 aromatic carbocycles. The molecule has 1 N–H and O–H groups in total. The Labute approximate surface area is 363 Å². The molecule has 3 aliphatic heterocycles. The summed E-state index contributed by atoms with van der Waals surface area (Å²) < 4.78 is 0. The maximum atomic E-state index is 5.01. The Morgan fingerprint density at radius 3 is 2.26 bits per heavy atom. The van der Waals surface area contributed by atoms with E-state index in [-0.39, 0.29) is 18.2 Å². The number of aryl methyl sites for hydroxylation is 1. The topological polar surface area (TPSA) is 31.4 Å². The Morgan fingerprint density at radius 1 is 0.726 bits per heavy atom. The van der Waals surface area contributed by atoms with Crippen molar-refractivity contribution >= 4 is 62.8 Å². The lowest BCUT2D eigenvalue weighted by Gasteiger charge is -2.87. The largest absolute Gasteiger partial charge is 0.380 e. The molecule has 6 atom stereocenters. The zero-order chi connectivity index (χ0) is 40.6. The van der Waals surface area contributed by atoms with Gasteiger partial charge >= 0.3 is 0 Å². The quantitative estimate of drug-likeness (QED) is 0.142. The van der Waals surface area contributed by atoms with Gasteiger partial charge in [-0.25, -0.2) is 0 Å². The molecule has 0 bridgehead atoms. The van der Waals surface area contributed by atoms with Gasteiger partial charge in [0.15, 0.2) is 0 Å². The first-order chi connectivity index (χ1) is 30.6. The van der Waals surface area contributed by atoms with Crippen molar-refractivity contribution in [2.75, 3.05) is 9.80 Å². The fourth-order valence-corrected chi connectivity index (χ4v) is 14.8. The zero-order valence-corrected chi connectivity index (χ0v) is 35.1. The van der Waals surface area contributed by atoms with Crippen LogP contribution in [-0.4, -0.2) is 11.7 Å². The number of nitrogens with zero attached hydrogens (tertiary/aromatic N) is 3. The molecule has 6 aliphatic carbocycles. The van der Waals surface area contributed by atoms with Gasteiger partial charge < -0.3 is 15.1 Å². The summed E-state index contributed by atoms with van der Waals surface area (Å²) >= 11 is 0. The Balaban J connectivity index is 1.09. The lowest BCUT2D eigenvalue weighted by atomic mass is 9.15. The van der Waals surface area contributed by atoms with E-state index in [1.165, 1.54) is 85.5 Å². The monoisotopic (exact) mass is 796 g/mol. The van der Waals surface area contributed by atoms with Crippen molar-refractivity contribution in [2.45, 2.75) is 51.0 Å². The molecule has 3 fully saturated rings. The van der Waals surface area contributed by atoms with Gasteiger partial charge in [-0.15, -0.1) is 0 Å². The molecule has 0 radical (unpaired) electrons. The van der Waals surface area contributed by atoms with E-state index in [2.05, 4.69) is 181 Å². The Kier molecular flexibility index (Phi) is 6.40. The minimum absolute atomic E-state index is 0.0484. The smallest absolute Gasteiger partial charge is 0.252 e. The van der Waals surface area contributed by atoms with Crippen LogP contribution in [0.3, 0.4) is 0 Å². The first-order valence-electron chi connectivity index (χ1n) is 22.9. The molecule has 6 aromatic rings. The number of benzene rings is 5. The first-order valence-corrected chi connectivity index (χ1v) is 22.9. The summed E-state index contributed by atoms with van der Waals surface area (Å²) in [4.78, 5) is 10.4. The van der Waals surface area contributed by atoms with E-state index in [0.29, 0.717) is 11.3 Å². The average Bonchev–Trinajstić information content (AvgIpc) is 3.58. The summed E-state index contributed by atoms with van der Waals surface area (Å²) in [5.74, 6) is 2.34. The first kappa shape index (κ1) is 34.1. The number of dihydropyridines is 1. The van der Waals surface area contributed by atoms with Crippen molar-refractivity contribution in [1.82, 2.24) is 10.3 Å². The number of nitrogens with one attached hydrogen (secondary N) is 1. The third kappa shape index (κ3) is 3.80. The fourth-order valence-electron chi connectivity index (χ4n) is 14.8. The van der Waals surface area contributed by atoms with E-state index in [0.717, 1.165) is 41.6 Å². The summed E-state index contributed by atoms with van der Waals surface area (Å²) in [6, 6.07) is 43.9. The highest BCUT2D eigenvalue weighted by atomic mass is 15.2. The number of fused-ring (bicyclic) bond motifs is 11. The summed E-state index contributed by atoms with van der Waals surface area (Å²) in [5, 5.41) is 3.76. The molecule has 62 heavy (non-hydrogen) atoms. The molecule has 4 heterocycles. The second kappa shape index (κ2) is 11.7. The Morgan fingerprint density at radius 2 is 1.48 bits per heavy atom. The molecular weight excluding hydrogens is 751 g/mol. The molecule has 0 amide bonds. The predicted octanol–water partition coefficient (Wildman–Crippen LogP) is 11.2. The van der Waals surface area contributed by atoms with E-state index >= 15 is 0 Å². The summed E-state index contributed by atoms with van der Waals surface area (Å²) in [7, 11) is 0. The van der Waals surface area contributed by atoms with E-state index in [4.69, 9.17) is 4.98 Å². The van der Waals surface area contributed by atoms with Crippen molar-refractivity contribution in [2.24, 2.45) is 23.2 Å². The average molecular weight is 797 g/mol. The van der Waals surface area contributed by atoms with E-state index in [9.17, 15) is 0 Å². The maximum Gasteiger partial charge on any atom is 0.252 e. The van der Waals surface area contributed by atoms with Crippen LogP contribution in [-0.2, 0) is 5.41 Å². The van der Waals surface area contributed by atoms with Gasteiger partial charge in [0, 0.05) is 50.9 Å². The SMILES string of the molecule is CC1=CC(c2ccccc2N2c3ccccc3B3c4ccccc4N(c4ccccc4-c4cc(C)ccn4)c4cc5c(c2c43)C2(C3=CC4CC6CC2C346)C2=C5C=CCC2)NC=C1. The number of rotatable bonds is 4. The van der Waals surface area contributed by atoms with Crippen LogP contribution in [0.5, 0.6) is 0 Å². The molecule has 4 nitrogen and oxygen atoms in total. The molecular formula is C57H45BN4. The minimum Gasteiger partial charge on any atom is -0.380 e. The number of aromatic nitrogens is 1.